The third kappa shape index (κ3) is 4.74. The zero-order chi connectivity index (χ0) is 23.4. The van der Waals surface area contributed by atoms with Crippen molar-refractivity contribution >= 4 is 24.7 Å². The fraction of sp³-hybridized carbons (Fsp3) is 0.370. The Morgan fingerprint density at radius 3 is 2.00 bits per heavy atom. The molecule has 2 aromatic carbocycles. The highest BCUT2D eigenvalue weighted by Crippen LogP contribution is 2.37. The van der Waals surface area contributed by atoms with E-state index >= 15 is 0 Å². The molecule has 0 bridgehead atoms. The molecule has 5 heteroatoms. The van der Waals surface area contributed by atoms with E-state index in [0.717, 1.165) is 6.42 Å². The average molecular weight is 451 g/mol. The van der Waals surface area contributed by atoms with Crippen LogP contribution in [-0.2, 0) is 18.7 Å². The first kappa shape index (κ1) is 24.0. The van der Waals surface area contributed by atoms with Crippen LogP contribution >= 0.6 is 0 Å². The summed E-state index contributed by atoms with van der Waals surface area (Å²) in [6.45, 7) is 11.3. The largest absolute Gasteiger partial charge is 0.492 e. The molecule has 0 spiro atoms. The first-order valence-electron chi connectivity index (χ1n) is 11.1. The number of methoxy groups -OCH3 is 1. The molecule has 0 fully saturated rings. The Kier molecular flexibility index (Phi) is 7.42. The summed E-state index contributed by atoms with van der Waals surface area (Å²) in [6.07, 6.45) is 2.77. The van der Waals surface area contributed by atoms with Crippen molar-refractivity contribution in [2.75, 3.05) is 13.7 Å². The van der Waals surface area contributed by atoms with Crippen LogP contribution in [0.15, 0.2) is 83.8 Å². The topological polar surface area (TPSA) is 44.8 Å². The molecule has 0 saturated carbocycles. The average Bonchev–Trinajstić information content (AvgIpc) is 3.03. The van der Waals surface area contributed by atoms with E-state index < -0.39 is 8.32 Å². The summed E-state index contributed by atoms with van der Waals surface area (Å²) in [5, 5.41) is 2.49. The van der Waals surface area contributed by atoms with Crippen LogP contribution < -0.4 is 10.4 Å². The number of benzene rings is 2. The first-order valence-corrected chi connectivity index (χ1v) is 13.1. The van der Waals surface area contributed by atoms with Gasteiger partial charge in [-0.05, 0) is 40.8 Å². The lowest BCUT2D eigenvalue weighted by atomic mass is 10.1. The maximum atomic E-state index is 11.9. The van der Waals surface area contributed by atoms with Gasteiger partial charge >= 0.3 is 5.97 Å². The van der Waals surface area contributed by atoms with Crippen LogP contribution in [0.25, 0.3) is 0 Å². The quantitative estimate of drug-likeness (QED) is 0.422. The van der Waals surface area contributed by atoms with Crippen LogP contribution in [0.3, 0.4) is 0 Å². The summed E-state index contributed by atoms with van der Waals surface area (Å²) >= 11 is 0. The minimum absolute atomic E-state index is 0.0541. The second kappa shape index (κ2) is 9.88. The number of carbonyl (C=O) groups excluding carboxylic acids is 1. The van der Waals surface area contributed by atoms with Crippen molar-refractivity contribution in [1.82, 2.24) is 0 Å². The standard InChI is InChI=1S/C27H34O4Si/c1-20(19-24-25(29-6)21(2)26(28)31-24)17-18-30-32(27(3,4)5,22-13-9-7-10-14-22)23-15-11-8-12-16-23/h7-16,19-20H,17-18H2,1-6H3/b24-19-/t20-/m0/s1. The van der Waals surface area contributed by atoms with E-state index in [-0.39, 0.29) is 16.9 Å². The number of ether oxygens (including phenoxy) is 2. The van der Waals surface area contributed by atoms with Gasteiger partial charge in [0.25, 0.3) is 8.32 Å². The van der Waals surface area contributed by atoms with Crippen molar-refractivity contribution in [3.63, 3.8) is 0 Å². The number of hydrogen-bond acceptors (Lipinski definition) is 4. The SMILES string of the molecule is COC1=C(C)C(=O)O/C1=C\[C@@H](C)CCO[Si](c1ccccc1)(c1ccccc1)C(C)(C)C. The molecule has 0 saturated heterocycles. The fourth-order valence-corrected chi connectivity index (χ4v) is 8.94. The van der Waals surface area contributed by atoms with Gasteiger partial charge in [-0.15, -0.1) is 0 Å². The number of cyclic esters (lactones) is 1. The molecule has 2 aromatic rings. The van der Waals surface area contributed by atoms with E-state index in [0.29, 0.717) is 23.7 Å². The number of rotatable bonds is 8. The zero-order valence-corrected chi connectivity index (χ0v) is 21.0. The van der Waals surface area contributed by atoms with Gasteiger partial charge in [0.2, 0.25) is 0 Å². The summed E-state index contributed by atoms with van der Waals surface area (Å²) in [5.74, 6) is 0.846. The molecule has 170 valence electrons. The van der Waals surface area contributed by atoms with Crippen molar-refractivity contribution in [3.05, 3.63) is 83.8 Å². The fourth-order valence-electron chi connectivity index (χ4n) is 4.36. The number of allylic oxidation sites excluding steroid dienone is 1. The smallest absolute Gasteiger partial charge is 0.343 e. The van der Waals surface area contributed by atoms with Crippen LogP contribution in [0, 0.1) is 5.92 Å². The highest BCUT2D eigenvalue weighted by atomic mass is 28.4. The Balaban J connectivity index is 1.86. The Labute approximate surface area is 193 Å². The molecule has 3 rings (SSSR count). The predicted octanol–water partition coefficient (Wildman–Crippen LogP) is 4.95. The second-order valence-electron chi connectivity index (χ2n) is 9.36. The third-order valence-electron chi connectivity index (χ3n) is 6.02. The van der Waals surface area contributed by atoms with Crippen molar-refractivity contribution in [2.24, 2.45) is 5.92 Å². The maximum absolute atomic E-state index is 11.9. The molecule has 0 aromatic heterocycles. The van der Waals surface area contributed by atoms with E-state index in [9.17, 15) is 4.79 Å². The maximum Gasteiger partial charge on any atom is 0.343 e. The van der Waals surface area contributed by atoms with Crippen LogP contribution in [0.5, 0.6) is 0 Å². The minimum atomic E-state index is -2.54. The summed E-state index contributed by atoms with van der Waals surface area (Å²) < 4.78 is 17.7. The van der Waals surface area contributed by atoms with Gasteiger partial charge in [-0.2, -0.15) is 0 Å². The van der Waals surface area contributed by atoms with Crippen LogP contribution in [0.4, 0.5) is 0 Å². The van der Waals surface area contributed by atoms with E-state index in [1.54, 1.807) is 14.0 Å². The number of carbonyl (C=O) groups is 1. The van der Waals surface area contributed by atoms with Gasteiger partial charge in [-0.3, -0.25) is 0 Å². The lowest BCUT2D eigenvalue weighted by Gasteiger charge is -2.43. The normalized spacial score (nSPS) is 16.9. The minimum Gasteiger partial charge on any atom is -0.492 e. The molecular weight excluding hydrogens is 416 g/mol. The van der Waals surface area contributed by atoms with E-state index in [4.69, 9.17) is 13.9 Å². The number of hydrogen-bond donors (Lipinski definition) is 0. The van der Waals surface area contributed by atoms with E-state index in [1.807, 2.05) is 6.08 Å². The first-order chi connectivity index (χ1) is 15.2. The van der Waals surface area contributed by atoms with Crippen molar-refractivity contribution in [2.45, 2.75) is 46.1 Å². The lowest BCUT2D eigenvalue weighted by Crippen LogP contribution is -2.66. The highest BCUT2D eigenvalue weighted by molar-refractivity contribution is 6.99. The van der Waals surface area contributed by atoms with Gasteiger partial charge in [0.15, 0.2) is 11.5 Å². The second-order valence-corrected chi connectivity index (χ2v) is 13.7. The van der Waals surface area contributed by atoms with E-state index in [2.05, 4.69) is 88.4 Å². The van der Waals surface area contributed by atoms with Gasteiger partial charge in [-0.25, -0.2) is 4.79 Å². The summed E-state index contributed by atoms with van der Waals surface area (Å²) in [5.41, 5.74) is 0.509. The van der Waals surface area contributed by atoms with Crippen LogP contribution in [-0.4, -0.2) is 28.0 Å². The summed E-state index contributed by atoms with van der Waals surface area (Å²) in [4.78, 5) is 11.9. The van der Waals surface area contributed by atoms with Crippen molar-refractivity contribution in [1.29, 1.82) is 0 Å². The van der Waals surface area contributed by atoms with E-state index in [1.165, 1.54) is 10.4 Å². The van der Waals surface area contributed by atoms with Gasteiger partial charge in [-0.1, -0.05) is 88.4 Å². The van der Waals surface area contributed by atoms with Gasteiger partial charge in [0.1, 0.15) is 0 Å². The Morgan fingerprint density at radius 2 is 1.53 bits per heavy atom. The Morgan fingerprint density at radius 1 is 1.00 bits per heavy atom. The molecule has 0 radical (unpaired) electrons. The summed E-state index contributed by atoms with van der Waals surface area (Å²) in [7, 11) is -0.982. The molecule has 0 amide bonds. The van der Waals surface area contributed by atoms with Gasteiger partial charge < -0.3 is 13.9 Å². The van der Waals surface area contributed by atoms with Crippen molar-refractivity contribution < 1.29 is 18.7 Å². The molecular formula is C27H34O4Si. The zero-order valence-electron chi connectivity index (χ0n) is 20.0. The van der Waals surface area contributed by atoms with Crippen LogP contribution in [0.1, 0.15) is 41.0 Å². The van der Waals surface area contributed by atoms with Crippen LogP contribution in [0.2, 0.25) is 5.04 Å². The molecule has 1 aliphatic rings. The molecule has 0 aliphatic carbocycles. The molecule has 0 unspecified atom stereocenters. The highest BCUT2D eigenvalue weighted by Gasteiger charge is 2.50. The lowest BCUT2D eigenvalue weighted by molar-refractivity contribution is -0.133. The Bertz CT molecular complexity index is 948. The Hall–Kier alpha value is -2.63. The number of esters is 1. The van der Waals surface area contributed by atoms with Crippen molar-refractivity contribution in [3.8, 4) is 0 Å². The summed E-state index contributed by atoms with van der Waals surface area (Å²) in [6, 6.07) is 21.3. The molecule has 0 N–H and O–H groups in total. The van der Waals surface area contributed by atoms with Gasteiger partial charge in [0.05, 0.1) is 12.7 Å². The molecule has 32 heavy (non-hydrogen) atoms. The third-order valence-corrected chi connectivity index (χ3v) is 11.1. The monoisotopic (exact) mass is 450 g/mol. The molecule has 4 nitrogen and oxygen atoms in total. The molecule has 1 heterocycles. The predicted molar refractivity (Wildman–Crippen MR) is 131 cm³/mol. The van der Waals surface area contributed by atoms with Gasteiger partial charge in [0, 0.05) is 6.61 Å². The molecule has 1 atom stereocenters. The molecule has 1 aliphatic heterocycles.